The lowest BCUT2D eigenvalue weighted by Gasteiger charge is -2.15. The highest BCUT2D eigenvalue weighted by Gasteiger charge is 2.16. The number of carbonyl (C=O) groups is 1. The molecule has 0 aliphatic carbocycles. The molecule has 1 aliphatic heterocycles. The number of rotatable bonds is 5. The minimum absolute atomic E-state index is 0.0110. The van der Waals surface area contributed by atoms with E-state index in [2.05, 4.69) is 5.32 Å². The fourth-order valence-corrected chi connectivity index (χ4v) is 2.83. The summed E-state index contributed by atoms with van der Waals surface area (Å²) in [6.45, 7) is 4.17. The third-order valence-electron chi connectivity index (χ3n) is 4.15. The van der Waals surface area contributed by atoms with Gasteiger partial charge < -0.3 is 14.8 Å². The number of benzene rings is 2. The second kappa shape index (κ2) is 7.14. The molecule has 1 aliphatic rings. The molecule has 1 heterocycles. The van der Waals surface area contributed by atoms with E-state index in [1.54, 1.807) is 0 Å². The minimum atomic E-state index is -0.0893. The zero-order valence-electron chi connectivity index (χ0n) is 13.8. The molecule has 0 fully saturated rings. The van der Waals surface area contributed by atoms with Gasteiger partial charge in [-0.15, -0.1) is 0 Å². The van der Waals surface area contributed by atoms with Crippen molar-refractivity contribution >= 4 is 17.5 Å². The zero-order valence-corrected chi connectivity index (χ0v) is 14.5. The molecular weight excluding hydrogens is 326 g/mol. The van der Waals surface area contributed by atoms with E-state index in [0.717, 1.165) is 33.2 Å². The second-order valence-corrected chi connectivity index (χ2v) is 6.39. The molecule has 1 atom stereocenters. The molecule has 1 amide bonds. The maximum Gasteiger partial charge on any atom is 0.231 e. The standard InChI is InChI=1S/C19H20ClNO3/c1-12-3-4-14(9-16(12)20)5-8-19(22)21-13(2)15-6-7-17-18(10-15)24-11-23-17/h3-4,6-7,9-10,13H,5,8,11H2,1-2H3,(H,21,22). The number of aryl methyl sites for hydroxylation is 2. The van der Waals surface area contributed by atoms with Gasteiger partial charge in [-0.3, -0.25) is 4.79 Å². The fraction of sp³-hybridized carbons (Fsp3) is 0.316. The van der Waals surface area contributed by atoms with Gasteiger partial charge in [0.1, 0.15) is 0 Å². The summed E-state index contributed by atoms with van der Waals surface area (Å²) in [5, 5.41) is 3.75. The van der Waals surface area contributed by atoms with Gasteiger partial charge in [0.25, 0.3) is 0 Å². The lowest BCUT2D eigenvalue weighted by molar-refractivity contribution is -0.121. The van der Waals surface area contributed by atoms with Crippen molar-refractivity contribution in [2.75, 3.05) is 6.79 Å². The van der Waals surface area contributed by atoms with Crippen LogP contribution >= 0.6 is 11.6 Å². The number of hydrogen-bond donors (Lipinski definition) is 1. The van der Waals surface area contributed by atoms with E-state index in [9.17, 15) is 4.79 Å². The van der Waals surface area contributed by atoms with E-state index in [4.69, 9.17) is 21.1 Å². The summed E-state index contributed by atoms with van der Waals surface area (Å²) < 4.78 is 10.7. The average Bonchev–Trinajstić information content (AvgIpc) is 3.03. The number of nitrogens with one attached hydrogen (secondary N) is 1. The van der Waals surface area contributed by atoms with E-state index in [1.807, 2.05) is 50.2 Å². The van der Waals surface area contributed by atoms with Crippen molar-refractivity contribution in [3.63, 3.8) is 0 Å². The van der Waals surface area contributed by atoms with Gasteiger partial charge >= 0.3 is 0 Å². The Bertz CT molecular complexity index is 760. The van der Waals surface area contributed by atoms with E-state index < -0.39 is 0 Å². The smallest absolute Gasteiger partial charge is 0.231 e. The Morgan fingerprint density at radius 3 is 2.79 bits per heavy atom. The average molecular weight is 346 g/mol. The van der Waals surface area contributed by atoms with Crippen LogP contribution in [0.1, 0.15) is 36.1 Å². The highest BCUT2D eigenvalue weighted by molar-refractivity contribution is 6.31. The van der Waals surface area contributed by atoms with Gasteiger partial charge in [0, 0.05) is 11.4 Å². The number of halogens is 1. The molecule has 2 aromatic rings. The topological polar surface area (TPSA) is 47.6 Å². The van der Waals surface area contributed by atoms with Crippen LogP contribution in [0.3, 0.4) is 0 Å². The molecule has 0 radical (unpaired) electrons. The third kappa shape index (κ3) is 3.82. The summed E-state index contributed by atoms with van der Waals surface area (Å²) in [4.78, 5) is 12.2. The fourth-order valence-electron chi connectivity index (χ4n) is 2.63. The van der Waals surface area contributed by atoms with Crippen molar-refractivity contribution in [1.29, 1.82) is 0 Å². The Morgan fingerprint density at radius 1 is 1.21 bits per heavy atom. The summed E-state index contributed by atoms with van der Waals surface area (Å²) in [6, 6.07) is 11.5. The molecule has 3 rings (SSSR count). The summed E-state index contributed by atoms with van der Waals surface area (Å²) in [5.41, 5.74) is 3.10. The summed E-state index contributed by atoms with van der Waals surface area (Å²) in [5.74, 6) is 1.48. The normalized spacial score (nSPS) is 13.6. The zero-order chi connectivity index (χ0) is 17.1. The number of ether oxygens (including phenoxy) is 2. The van der Waals surface area contributed by atoms with Gasteiger partial charge in [-0.2, -0.15) is 0 Å². The molecule has 0 saturated carbocycles. The monoisotopic (exact) mass is 345 g/mol. The number of amides is 1. The van der Waals surface area contributed by atoms with Crippen molar-refractivity contribution in [1.82, 2.24) is 5.32 Å². The van der Waals surface area contributed by atoms with Crippen LogP contribution in [-0.2, 0) is 11.2 Å². The first-order chi connectivity index (χ1) is 11.5. The van der Waals surface area contributed by atoms with Gasteiger partial charge in [-0.05, 0) is 55.2 Å². The van der Waals surface area contributed by atoms with Crippen LogP contribution in [0.15, 0.2) is 36.4 Å². The minimum Gasteiger partial charge on any atom is -0.454 e. The Balaban J connectivity index is 1.55. The van der Waals surface area contributed by atoms with E-state index >= 15 is 0 Å². The van der Waals surface area contributed by atoms with E-state index in [1.165, 1.54) is 0 Å². The largest absolute Gasteiger partial charge is 0.454 e. The Kier molecular flexibility index (Phi) is 4.95. The quantitative estimate of drug-likeness (QED) is 0.884. The number of carbonyl (C=O) groups excluding carboxylic acids is 1. The van der Waals surface area contributed by atoms with Crippen LogP contribution in [-0.4, -0.2) is 12.7 Å². The van der Waals surface area contributed by atoms with Crippen LogP contribution in [0.5, 0.6) is 11.5 Å². The molecule has 0 aromatic heterocycles. The van der Waals surface area contributed by atoms with Gasteiger partial charge in [0.05, 0.1) is 6.04 Å². The molecule has 1 unspecified atom stereocenters. The maximum atomic E-state index is 12.2. The second-order valence-electron chi connectivity index (χ2n) is 5.99. The summed E-state index contributed by atoms with van der Waals surface area (Å²) in [7, 11) is 0. The predicted molar refractivity (Wildman–Crippen MR) is 93.6 cm³/mol. The Labute approximate surface area is 146 Å². The number of hydrogen-bond acceptors (Lipinski definition) is 3. The molecule has 2 aromatic carbocycles. The first-order valence-electron chi connectivity index (χ1n) is 7.97. The summed E-state index contributed by atoms with van der Waals surface area (Å²) >= 11 is 6.12. The number of fused-ring (bicyclic) bond motifs is 1. The summed E-state index contributed by atoms with van der Waals surface area (Å²) in [6.07, 6.45) is 1.09. The molecule has 0 saturated heterocycles. The van der Waals surface area contributed by atoms with Crippen molar-refractivity contribution in [3.05, 3.63) is 58.1 Å². The van der Waals surface area contributed by atoms with Crippen LogP contribution in [0.25, 0.3) is 0 Å². The molecule has 1 N–H and O–H groups in total. The lowest BCUT2D eigenvalue weighted by atomic mass is 10.1. The van der Waals surface area contributed by atoms with Crippen molar-refractivity contribution in [2.45, 2.75) is 32.7 Å². The van der Waals surface area contributed by atoms with Crippen LogP contribution < -0.4 is 14.8 Å². The van der Waals surface area contributed by atoms with E-state index in [0.29, 0.717) is 12.8 Å². The molecule has 24 heavy (non-hydrogen) atoms. The Hall–Kier alpha value is -2.20. The van der Waals surface area contributed by atoms with Crippen LogP contribution in [0, 0.1) is 6.92 Å². The maximum absolute atomic E-state index is 12.2. The van der Waals surface area contributed by atoms with E-state index in [-0.39, 0.29) is 18.7 Å². The lowest BCUT2D eigenvalue weighted by Crippen LogP contribution is -2.26. The molecule has 0 bridgehead atoms. The first kappa shape index (κ1) is 16.7. The molecule has 5 heteroatoms. The highest BCUT2D eigenvalue weighted by atomic mass is 35.5. The SMILES string of the molecule is Cc1ccc(CCC(=O)NC(C)c2ccc3c(c2)OCO3)cc1Cl. The molecule has 126 valence electrons. The van der Waals surface area contributed by atoms with Crippen molar-refractivity contribution in [2.24, 2.45) is 0 Å². The predicted octanol–water partition coefficient (Wildman–Crippen LogP) is 4.19. The highest BCUT2D eigenvalue weighted by Crippen LogP contribution is 2.34. The Morgan fingerprint density at radius 2 is 2.00 bits per heavy atom. The van der Waals surface area contributed by atoms with Gasteiger partial charge in [-0.25, -0.2) is 0 Å². The van der Waals surface area contributed by atoms with Gasteiger partial charge in [-0.1, -0.05) is 29.8 Å². The van der Waals surface area contributed by atoms with Crippen molar-refractivity contribution in [3.8, 4) is 11.5 Å². The van der Waals surface area contributed by atoms with Crippen molar-refractivity contribution < 1.29 is 14.3 Å². The van der Waals surface area contributed by atoms with Crippen LogP contribution in [0.2, 0.25) is 5.02 Å². The molecule has 0 spiro atoms. The molecule has 4 nitrogen and oxygen atoms in total. The third-order valence-corrected chi connectivity index (χ3v) is 4.56. The van der Waals surface area contributed by atoms with Gasteiger partial charge in [0.15, 0.2) is 11.5 Å². The molecular formula is C19H20ClNO3. The van der Waals surface area contributed by atoms with Crippen LogP contribution in [0.4, 0.5) is 0 Å². The van der Waals surface area contributed by atoms with Gasteiger partial charge in [0.2, 0.25) is 12.7 Å². The first-order valence-corrected chi connectivity index (χ1v) is 8.34.